The van der Waals surface area contributed by atoms with E-state index in [1.165, 1.54) is 21.9 Å². The Morgan fingerprint density at radius 1 is 0.897 bits per heavy atom. The number of rotatable bonds is 7. The van der Waals surface area contributed by atoms with Gasteiger partial charge in [-0.3, -0.25) is 9.59 Å². The van der Waals surface area contributed by atoms with Gasteiger partial charge < -0.3 is 9.80 Å². The largest absolute Gasteiger partial charge is 0.340 e. The normalized spacial score (nSPS) is 20.5. The molecule has 206 valence electrons. The van der Waals surface area contributed by atoms with Gasteiger partial charge in [-0.15, -0.1) is 0 Å². The minimum Gasteiger partial charge on any atom is -0.340 e. The van der Waals surface area contributed by atoms with E-state index in [0.29, 0.717) is 36.2 Å². The molecule has 0 aliphatic carbocycles. The molecule has 12 heteroatoms. The molecule has 1 unspecified atom stereocenters. The number of carbonyl (C=O) groups excluding carboxylic acids is 2. The van der Waals surface area contributed by atoms with Crippen molar-refractivity contribution in [1.82, 2.24) is 14.5 Å². The van der Waals surface area contributed by atoms with Crippen LogP contribution in [0, 0.1) is 0 Å². The fraction of sp³-hybridized carbons (Fsp3) is 0.333. The first kappa shape index (κ1) is 27.6. The van der Waals surface area contributed by atoms with E-state index >= 15 is 0 Å². The molecule has 2 aliphatic heterocycles. The van der Waals surface area contributed by atoms with Crippen molar-refractivity contribution in [3.63, 3.8) is 0 Å². The number of carbonyl (C=O) groups is 2. The summed E-state index contributed by atoms with van der Waals surface area (Å²) < 4.78 is 54.6. The SMILES string of the molecule is O=C(CN1CCC[C@H](NS(=O)(=O)c2ccc3cc(Cl)ccc3c2)C1=O)N1CCC(S(=O)(=O)c2ccccc2)C1. The summed E-state index contributed by atoms with van der Waals surface area (Å²) in [5, 5.41) is 1.32. The smallest absolute Gasteiger partial charge is 0.242 e. The lowest BCUT2D eigenvalue weighted by atomic mass is 10.1. The summed E-state index contributed by atoms with van der Waals surface area (Å²) >= 11 is 6.01. The van der Waals surface area contributed by atoms with E-state index < -0.39 is 37.1 Å². The van der Waals surface area contributed by atoms with Gasteiger partial charge in [0, 0.05) is 24.7 Å². The van der Waals surface area contributed by atoms with Crippen molar-refractivity contribution >= 4 is 54.0 Å². The predicted molar refractivity (Wildman–Crippen MR) is 147 cm³/mol. The zero-order valence-corrected chi connectivity index (χ0v) is 23.4. The van der Waals surface area contributed by atoms with Gasteiger partial charge in [0.15, 0.2) is 9.84 Å². The van der Waals surface area contributed by atoms with Crippen LogP contribution in [0.3, 0.4) is 0 Å². The molecular formula is C27H28ClN3O6S2. The standard InChI is InChI=1S/C27H28ClN3O6S2/c28-21-10-8-20-16-23(11-9-19(20)15-21)39(36,37)29-25-7-4-13-31(27(25)33)18-26(32)30-14-12-24(17-30)38(34,35)22-5-2-1-3-6-22/h1-3,5-6,8-11,15-16,24-25,29H,4,7,12-14,17-18H2/t24?,25-/m0/s1. The second kappa shape index (κ2) is 10.9. The Morgan fingerprint density at radius 2 is 1.62 bits per heavy atom. The molecule has 2 fully saturated rings. The van der Waals surface area contributed by atoms with Crippen LogP contribution in [0.2, 0.25) is 5.02 Å². The fourth-order valence-electron chi connectivity index (χ4n) is 5.10. The Bertz CT molecular complexity index is 1630. The average molecular weight is 590 g/mol. The second-order valence-electron chi connectivity index (χ2n) is 9.84. The molecule has 2 amide bonds. The Balaban J connectivity index is 1.22. The van der Waals surface area contributed by atoms with E-state index in [1.54, 1.807) is 54.6 Å². The molecule has 0 bridgehead atoms. The van der Waals surface area contributed by atoms with Gasteiger partial charge in [0.25, 0.3) is 0 Å². The lowest BCUT2D eigenvalue weighted by molar-refractivity contribution is -0.142. The van der Waals surface area contributed by atoms with Crippen LogP contribution >= 0.6 is 11.6 Å². The van der Waals surface area contributed by atoms with Gasteiger partial charge in [0.2, 0.25) is 21.8 Å². The van der Waals surface area contributed by atoms with Crippen LogP contribution in [-0.4, -0.2) is 75.9 Å². The summed E-state index contributed by atoms with van der Waals surface area (Å²) in [5.41, 5.74) is 0. The minimum atomic E-state index is -4.00. The van der Waals surface area contributed by atoms with Crippen molar-refractivity contribution in [2.45, 2.75) is 40.3 Å². The first-order chi connectivity index (χ1) is 18.5. The third-order valence-corrected chi connectivity index (χ3v) is 11.1. The molecule has 0 aromatic heterocycles. The number of sulfonamides is 1. The number of benzene rings is 3. The Kier molecular flexibility index (Phi) is 7.69. The van der Waals surface area contributed by atoms with Crippen molar-refractivity contribution in [2.75, 3.05) is 26.2 Å². The number of halogens is 1. The molecule has 2 aliphatic rings. The van der Waals surface area contributed by atoms with Crippen LogP contribution in [0.4, 0.5) is 0 Å². The highest BCUT2D eigenvalue weighted by molar-refractivity contribution is 7.92. The molecule has 3 aromatic carbocycles. The van der Waals surface area contributed by atoms with Crippen molar-refractivity contribution in [3.8, 4) is 0 Å². The van der Waals surface area contributed by atoms with E-state index in [9.17, 15) is 26.4 Å². The molecule has 2 atom stereocenters. The lowest BCUT2D eigenvalue weighted by Gasteiger charge is -2.33. The van der Waals surface area contributed by atoms with Crippen LogP contribution in [0.1, 0.15) is 19.3 Å². The Hall–Kier alpha value is -2.99. The van der Waals surface area contributed by atoms with E-state index in [1.807, 2.05) is 0 Å². The Morgan fingerprint density at radius 3 is 2.38 bits per heavy atom. The van der Waals surface area contributed by atoms with Gasteiger partial charge in [0.1, 0.15) is 6.04 Å². The highest BCUT2D eigenvalue weighted by Crippen LogP contribution is 2.25. The average Bonchev–Trinajstić information content (AvgIpc) is 3.43. The topological polar surface area (TPSA) is 121 Å². The number of sulfone groups is 1. The van der Waals surface area contributed by atoms with Gasteiger partial charge in [-0.05, 0) is 66.4 Å². The fourth-order valence-corrected chi connectivity index (χ4v) is 8.25. The van der Waals surface area contributed by atoms with Crippen molar-refractivity contribution < 1.29 is 26.4 Å². The third kappa shape index (κ3) is 5.81. The van der Waals surface area contributed by atoms with E-state index in [-0.39, 0.29) is 35.3 Å². The first-order valence-corrected chi connectivity index (χ1v) is 16.0. The summed E-state index contributed by atoms with van der Waals surface area (Å²) in [6.07, 6.45) is 1.15. The maximum atomic E-state index is 13.2. The molecule has 0 spiro atoms. The van der Waals surface area contributed by atoms with E-state index in [4.69, 9.17) is 11.6 Å². The molecule has 1 N–H and O–H groups in total. The summed E-state index contributed by atoms with van der Waals surface area (Å²) in [6.45, 7) is 0.424. The lowest BCUT2D eigenvalue weighted by Crippen LogP contribution is -2.54. The summed E-state index contributed by atoms with van der Waals surface area (Å²) in [4.78, 5) is 29.2. The van der Waals surface area contributed by atoms with Crippen LogP contribution in [0.5, 0.6) is 0 Å². The number of amides is 2. The van der Waals surface area contributed by atoms with Gasteiger partial charge >= 0.3 is 0 Å². The summed E-state index contributed by atoms with van der Waals surface area (Å²) in [7, 11) is -7.58. The molecule has 0 saturated carbocycles. The number of hydrogen-bond acceptors (Lipinski definition) is 6. The molecular weight excluding hydrogens is 562 g/mol. The van der Waals surface area contributed by atoms with Gasteiger partial charge in [0.05, 0.1) is 21.6 Å². The number of hydrogen-bond donors (Lipinski definition) is 1. The zero-order chi connectivity index (χ0) is 27.8. The molecule has 2 saturated heterocycles. The van der Waals surface area contributed by atoms with Crippen LogP contribution in [0.25, 0.3) is 10.8 Å². The van der Waals surface area contributed by atoms with E-state index in [2.05, 4.69) is 4.72 Å². The van der Waals surface area contributed by atoms with Crippen molar-refractivity contribution in [1.29, 1.82) is 0 Å². The molecule has 9 nitrogen and oxygen atoms in total. The molecule has 0 radical (unpaired) electrons. The molecule has 2 heterocycles. The van der Waals surface area contributed by atoms with Crippen LogP contribution in [0.15, 0.2) is 76.5 Å². The highest BCUT2D eigenvalue weighted by Gasteiger charge is 2.38. The third-order valence-electron chi connectivity index (χ3n) is 7.25. The molecule has 39 heavy (non-hydrogen) atoms. The van der Waals surface area contributed by atoms with Gasteiger partial charge in [-0.25, -0.2) is 16.8 Å². The summed E-state index contributed by atoms with van der Waals surface area (Å²) in [5.74, 6) is -0.829. The number of likely N-dealkylation sites (tertiary alicyclic amines) is 2. The summed E-state index contributed by atoms with van der Waals surface area (Å²) in [6, 6.07) is 16.9. The molecule has 5 rings (SSSR count). The highest BCUT2D eigenvalue weighted by atomic mass is 35.5. The predicted octanol–water partition coefficient (Wildman–Crippen LogP) is 2.84. The number of fused-ring (bicyclic) bond motifs is 1. The zero-order valence-electron chi connectivity index (χ0n) is 21.0. The Labute approximate surface area is 232 Å². The van der Waals surface area contributed by atoms with Crippen LogP contribution < -0.4 is 4.72 Å². The van der Waals surface area contributed by atoms with Gasteiger partial charge in [-0.1, -0.05) is 41.9 Å². The number of nitrogens with one attached hydrogen (secondary N) is 1. The van der Waals surface area contributed by atoms with Gasteiger partial charge in [-0.2, -0.15) is 4.72 Å². The number of nitrogens with zero attached hydrogens (tertiary/aromatic N) is 2. The minimum absolute atomic E-state index is 0.0288. The van der Waals surface area contributed by atoms with Crippen molar-refractivity contribution in [3.05, 3.63) is 71.8 Å². The van der Waals surface area contributed by atoms with Crippen molar-refractivity contribution in [2.24, 2.45) is 0 Å². The monoisotopic (exact) mass is 589 g/mol. The quantitative estimate of drug-likeness (QED) is 0.452. The maximum absolute atomic E-state index is 13.2. The molecule has 3 aromatic rings. The number of piperidine rings is 1. The second-order valence-corrected chi connectivity index (χ2v) is 14.2. The maximum Gasteiger partial charge on any atom is 0.242 e. The van der Waals surface area contributed by atoms with Crippen LogP contribution in [-0.2, 0) is 29.4 Å². The first-order valence-electron chi connectivity index (χ1n) is 12.6. The van der Waals surface area contributed by atoms with E-state index in [0.717, 1.165) is 5.39 Å².